The molecule has 0 saturated carbocycles. The van der Waals surface area contributed by atoms with Gasteiger partial charge in [0.15, 0.2) is 0 Å². The number of nitrogens with zero attached hydrogens (tertiary/aromatic N) is 1. The molecule has 1 aromatic carbocycles. The van der Waals surface area contributed by atoms with E-state index in [9.17, 15) is 14.7 Å². The Labute approximate surface area is 118 Å². The van der Waals surface area contributed by atoms with Crippen molar-refractivity contribution in [3.63, 3.8) is 0 Å². The summed E-state index contributed by atoms with van der Waals surface area (Å²) < 4.78 is 5.25. The van der Waals surface area contributed by atoms with Crippen LogP contribution in [0.1, 0.15) is 29.2 Å². The molecule has 1 N–H and O–H groups in total. The summed E-state index contributed by atoms with van der Waals surface area (Å²) in [5.74, 6) is -2.23. The fourth-order valence-corrected chi connectivity index (χ4v) is 2.55. The van der Waals surface area contributed by atoms with Crippen LogP contribution in [-0.2, 0) is 20.9 Å². The minimum absolute atomic E-state index is 0.0602. The number of hydrogen-bond acceptors (Lipinski definition) is 4. The summed E-state index contributed by atoms with van der Waals surface area (Å²) in [4.78, 5) is 24.7. The van der Waals surface area contributed by atoms with Crippen molar-refractivity contribution < 1.29 is 19.4 Å². The number of carbonyl (C=O) groups excluding carboxylic acids is 1. The summed E-state index contributed by atoms with van der Waals surface area (Å²) in [6.45, 7) is 2.66. The van der Waals surface area contributed by atoms with E-state index >= 15 is 0 Å². The molecule has 5 heteroatoms. The number of rotatable bonds is 4. The lowest BCUT2D eigenvalue weighted by atomic mass is 9.91. The van der Waals surface area contributed by atoms with Crippen molar-refractivity contribution in [2.24, 2.45) is 5.92 Å². The van der Waals surface area contributed by atoms with Crippen molar-refractivity contribution in [2.45, 2.75) is 26.0 Å². The second-order valence-electron chi connectivity index (χ2n) is 5.50. The van der Waals surface area contributed by atoms with Crippen LogP contribution < -0.4 is 0 Å². The van der Waals surface area contributed by atoms with E-state index in [4.69, 9.17) is 4.74 Å². The highest BCUT2D eigenvalue weighted by molar-refractivity contribution is 5.83. The molecule has 20 heavy (non-hydrogen) atoms. The highest BCUT2D eigenvalue weighted by atomic mass is 16.6. The van der Waals surface area contributed by atoms with Gasteiger partial charge in [0.2, 0.25) is 0 Å². The van der Waals surface area contributed by atoms with Crippen molar-refractivity contribution in [1.82, 2.24) is 4.90 Å². The molecule has 0 aliphatic carbocycles. The summed E-state index contributed by atoms with van der Waals surface area (Å²) in [5.41, 5.74) is 2.89. The fraction of sp³-hybridized carbons (Fsp3) is 0.467. The molecule has 0 radical (unpaired) electrons. The second kappa shape index (κ2) is 5.63. The smallest absolute Gasteiger partial charge is 0.311 e. The molecule has 0 spiro atoms. The molecule has 1 aliphatic heterocycles. The number of aryl methyl sites for hydroxylation is 1. The van der Waals surface area contributed by atoms with Gasteiger partial charge in [-0.05, 0) is 32.1 Å². The summed E-state index contributed by atoms with van der Waals surface area (Å²) >= 11 is 0. The zero-order valence-corrected chi connectivity index (χ0v) is 11.9. The van der Waals surface area contributed by atoms with E-state index in [1.807, 2.05) is 44.1 Å². The third-order valence-corrected chi connectivity index (χ3v) is 3.42. The molecule has 1 fully saturated rings. The lowest BCUT2D eigenvalue weighted by Crippen LogP contribution is -2.20. The van der Waals surface area contributed by atoms with Gasteiger partial charge >= 0.3 is 11.9 Å². The van der Waals surface area contributed by atoms with Crippen LogP contribution in [0.4, 0.5) is 0 Å². The van der Waals surface area contributed by atoms with Crippen molar-refractivity contribution in [3.8, 4) is 0 Å². The molecule has 1 saturated heterocycles. The minimum atomic E-state index is -0.989. The monoisotopic (exact) mass is 277 g/mol. The Bertz CT molecular complexity index is 539. The van der Waals surface area contributed by atoms with Gasteiger partial charge in [-0.1, -0.05) is 23.8 Å². The molecule has 2 unspecified atom stereocenters. The van der Waals surface area contributed by atoms with E-state index in [-0.39, 0.29) is 6.42 Å². The van der Waals surface area contributed by atoms with Gasteiger partial charge in [-0.2, -0.15) is 0 Å². The molecule has 2 atom stereocenters. The maximum Gasteiger partial charge on any atom is 0.311 e. The molecule has 5 nitrogen and oxygen atoms in total. The lowest BCUT2D eigenvalue weighted by molar-refractivity contribution is -0.144. The SMILES string of the molecule is Cc1ccc(C2OC(=O)CC2C(=O)O)c(CN(C)C)c1. The molecular weight excluding hydrogens is 258 g/mol. The van der Waals surface area contributed by atoms with Crippen molar-refractivity contribution in [2.75, 3.05) is 14.1 Å². The molecule has 1 heterocycles. The Hall–Kier alpha value is -1.88. The Kier molecular flexibility index (Phi) is 4.09. The quantitative estimate of drug-likeness (QED) is 0.849. The number of hydrogen-bond donors (Lipinski definition) is 1. The summed E-state index contributed by atoms with van der Waals surface area (Å²) in [6, 6.07) is 5.80. The molecular formula is C15H19NO4. The van der Waals surface area contributed by atoms with E-state index in [1.54, 1.807) is 0 Å². The van der Waals surface area contributed by atoms with Crippen LogP contribution in [0.5, 0.6) is 0 Å². The second-order valence-corrected chi connectivity index (χ2v) is 5.50. The molecule has 1 aromatic rings. The number of esters is 1. The minimum Gasteiger partial charge on any atom is -0.481 e. The Morgan fingerprint density at radius 3 is 2.75 bits per heavy atom. The van der Waals surface area contributed by atoms with Gasteiger partial charge in [0, 0.05) is 6.54 Å². The average Bonchev–Trinajstić information content (AvgIpc) is 2.70. The van der Waals surface area contributed by atoms with Crippen LogP contribution in [-0.4, -0.2) is 36.0 Å². The lowest BCUT2D eigenvalue weighted by Gasteiger charge is -2.21. The van der Waals surface area contributed by atoms with Crippen molar-refractivity contribution in [3.05, 3.63) is 34.9 Å². The summed E-state index contributed by atoms with van der Waals surface area (Å²) in [5, 5.41) is 9.25. The van der Waals surface area contributed by atoms with Crippen LogP contribution in [0.25, 0.3) is 0 Å². The van der Waals surface area contributed by atoms with Gasteiger partial charge in [-0.15, -0.1) is 0 Å². The molecule has 0 bridgehead atoms. The summed E-state index contributed by atoms with van der Waals surface area (Å²) in [6.07, 6.45) is -0.745. The van der Waals surface area contributed by atoms with Gasteiger partial charge in [-0.3, -0.25) is 9.59 Å². The third kappa shape index (κ3) is 2.99. The number of carboxylic acid groups (broad SMARTS) is 1. The van der Waals surface area contributed by atoms with Crippen LogP contribution in [0.15, 0.2) is 18.2 Å². The summed E-state index contributed by atoms with van der Waals surface area (Å²) in [7, 11) is 3.89. The standard InChI is InChI=1S/C15H19NO4/c1-9-4-5-11(10(6-9)8-16(2)3)14-12(15(18)19)7-13(17)20-14/h4-6,12,14H,7-8H2,1-3H3,(H,18,19). The third-order valence-electron chi connectivity index (χ3n) is 3.42. The Morgan fingerprint density at radius 1 is 1.45 bits per heavy atom. The first-order valence-electron chi connectivity index (χ1n) is 6.55. The topological polar surface area (TPSA) is 66.8 Å². The van der Waals surface area contributed by atoms with E-state index in [0.29, 0.717) is 6.54 Å². The highest BCUT2D eigenvalue weighted by Crippen LogP contribution is 2.37. The maximum absolute atomic E-state index is 11.4. The van der Waals surface area contributed by atoms with Crippen LogP contribution in [0.3, 0.4) is 0 Å². The van der Waals surface area contributed by atoms with Crippen LogP contribution >= 0.6 is 0 Å². The Balaban J connectivity index is 2.40. The molecule has 2 rings (SSSR count). The molecule has 108 valence electrons. The van der Waals surface area contributed by atoms with Crippen LogP contribution in [0, 0.1) is 12.8 Å². The number of ether oxygens (including phenoxy) is 1. The first-order chi connectivity index (χ1) is 9.38. The first-order valence-corrected chi connectivity index (χ1v) is 6.55. The average molecular weight is 277 g/mol. The predicted molar refractivity (Wildman–Crippen MR) is 73.1 cm³/mol. The van der Waals surface area contributed by atoms with E-state index in [1.165, 1.54) is 0 Å². The maximum atomic E-state index is 11.4. The van der Waals surface area contributed by atoms with Crippen LogP contribution in [0.2, 0.25) is 0 Å². The largest absolute Gasteiger partial charge is 0.481 e. The van der Waals surface area contributed by atoms with Crippen molar-refractivity contribution in [1.29, 1.82) is 0 Å². The number of benzene rings is 1. The normalized spacial score (nSPS) is 22.1. The van der Waals surface area contributed by atoms with E-state index in [0.717, 1.165) is 16.7 Å². The first kappa shape index (κ1) is 14.5. The van der Waals surface area contributed by atoms with E-state index in [2.05, 4.69) is 0 Å². The molecule has 0 amide bonds. The van der Waals surface area contributed by atoms with Gasteiger partial charge in [0.05, 0.1) is 6.42 Å². The molecule has 0 aromatic heterocycles. The number of cyclic esters (lactones) is 1. The van der Waals surface area contributed by atoms with E-state index < -0.39 is 24.0 Å². The van der Waals surface area contributed by atoms with Gasteiger partial charge < -0.3 is 14.7 Å². The Morgan fingerprint density at radius 2 is 2.15 bits per heavy atom. The predicted octanol–water partition coefficient (Wildman–Crippen LogP) is 1.75. The molecule has 1 aliphatic rings. The zero-order chi connectivity index (χ0) is 14.9. The van der Waals surface area contributed by atoms with Gasteiger partial charge in [0.25, 0.3) is 0 Å². The number of aliphatic carboxylic acids is 1. The fourth-order valence-electron chi connectivity index (χ4n) is 2.55. The number of carboxylic acids is 1. The highest BCUT2D eigenvalue weighted by Gasteiger charge is 2.41. The van der Waals surface area contributed by atoms with Gasteiger partial charge in [-0.25, -0.2) is 0 Å². The zero-order valence-electron chi connectivity index (χ0n) is 11.9. The number of carbonyl (C=O) groups is 2. The van der Waals surface area contributed by atoms with Gasteiger partial charge in [0.1, 0.15) is 12.0 Å². The van der Waals surface area contributed by atoms with Crippen molar-refractivity contribution >= 4 is 11.9 Å².